The van der Waals surface area contributed by atoms with Crippen molar-refractivity contribution in [2.24, 2.45) is 0 Å². The second-order valence-corrected chi connectivity index (χ2v) is 7.16. The van der Waals surface area contributed by atoms with E-state index in [-0.39, 0.29) is 11.8 Å². The third kappa shape index (κ3) is 4.56. The normalized spacial score (nSPS) is 14.1. The molecule has 1 heterocycles. The molecule has 0 bridgehead atoms. The van der Waals surface area contributed by atoms with E-state index in [1.165, 1.54) is 0 Å². The zero-order chi connectivity index (χ0) is 19.4. The number of carbonyl (C=O) groups excluding carboxylic acids is 2. The summed E-state index contributed by atoms with van der Waals surface area (Å²) in [7, 11) is 3.96. The van der Waals surface area contributed by atoms with E-state index in [4.69, 9.17) is 11.6 Å². The molecular weight excluding hydrogens is 362 g/mol. The number of amides is 2. The molecule has 0 atom stereocenters. The summed E-state index contributed by atoms with van der Waals surface area (Å²) in [5.41, 5.74) is 2.56. The quantitative estimate of drug-likeness (QED) is 0.747. The van der Waals surface area contributed by atoms with Crippen LogP contribution < -0.4 is 5.32 Å². The maximum atomic E-state index is 12.6. The molecule has 0 unspecified atom stereocenters. The van der Waals surface area contributed by atoms with Gasteiger partial charge in [-0.3, -0.25) is 14.9 Å². The van der Waals surface area contributed by atoms with Crippen molar-refractivity contribution >= 4 is 29.0 Å². The molecule has 0 spiro atoms. The fourth-order valence-corrected chi connectivity index (χ4v) is 3.15. The van der Waals surface area contributed by atoms with E-state index in [9.17, 15) is 9.59 Å². The lowest BCUT2D eigenvalue weighted by atomic mass is 10.0. The average molecular weight is 384 g/mol. The molecule has 0 aliphatic carbocycles. The van der Waals surface area contributed by atoms with E-state index in [0.717, 1.165) is 12.1 Å². The number of hydrogen-bond acceptors (Lipinski definition) is 4. The van der Waals surface area contributed by atoms with Crippen molar-refractivity contribution < 1.29 is 9.59 Å². The SMILES string of the molecule is CN(C)CCN(Cc1ccccc1)C1=C(c2ccc(Cl)cc2)C(=O)NC1=O. The minimum Gasteiger partial charge on any atom is -0.361 e. The molecule has 6 heteroatoms. The van der Waals surface area contributed by atoms with Crippen LogP contribution in [-0.4, -0.2) is 48.8 Å². The highest BCUT2D eigenvalue weighted by Gasteiger charge is 2.34. The van der Waals surface area contributed by atoms with Gasteiger partial charge in [0.1, 0.15) is 5.70 Å². The number of rotatable bonds is 7. The summed E-state index contributed by atoms with van der Waals surface area (Å²) in [5.74, 6) is -0.736. The van der Waals surface area contributed by atoms with Crippen molar-refractivity contribution in [2.45, 2.75) is 6.54 Å². The summed E-state index contributed by atoms with van der Waals surface area (Å²) in [6.07, 6.45) is 0. The van der Waals surface area contributed by atoms with Crippen LogP contribution in [0.25, 0.3) is 5.57 Å². The van der Waals surface area contributed by atoms with Gasteiger partial charge in [0.15, 0.2) is 0 Å². The predicted octanol–water partition coefficient (Wildman–Crippen LogP) is 2.77. The molecule has 2 aromatic carbocycles. The van der Waals surface area contributed by atoms with Crippen molar-refractivity contribution in [2.75, 3.05) is 27.2 Å². The van der Waals surface area contributed by atoms with E-state index in [2.05, 4.69) is 10.2 Å². The van der Waals surface area contributed by atoms with Crippen LogP contribution >= 0.6 is 11.6 Å². The fourth-order valence-electron chi connectivity index (χ4n) is 3.03. The monoisotopic (exact) mass is 383 g/mol. The van der Waals surface area contributed by atoms with Crippen LogP contribution in [0, 0.1) is 0 Å². The first kappa shape index (κ1) is 19.1. The van der Waals surface area contributed by atoms with Crippen molar-refractivity contribution in [1.82, 2.24) is 15.1 Å². The lowest BCUT2D eigenvalue weighted by molar-refractivity contribution is -0.124. The molecule has 27 heavy (non-hydrogen) atoms. The first-order valence-electron chi connectivity index (χ1n) is 8.75. The Morgan fingerprint density at radius 2 is 1.56 bits per heavy atom. The molecule has 5 nitrogen and oxygen atoms in total. The van der Waals surface area contributed by atoms with Gasteiger partial charge in [-0.05, 0) is 37.4 Å². The summed E-state index contributed by atoms with van der Waals surface area (Å²) in [5, 5.41) is 3.03. The van der Waals surface area contributed by atoms with E-state index in [0.29, 0.717) is 34.9 Å². The van der Waals surface area contributed by atoms with Crippen LogP contribution in [-0.2, 0) is 16.1 Å². The Hall–Kier alpha value is -2.63. The molecule has 0 saturated heterocycles. The second kappa shape index (κ2) is 8.37. The van der Waals surface area contributed by atoms with Crippen molar-refractivity contribution in [3.63, 3.8) is 0 Å². The summed E-state index contributed by atoms with van der Waals surface area (Å²) in [4.78, 5) is 29.2. The van der Waals surface area contributed by atoms with Gasteiger partial charge in [0, 0.05) is 24.7 Å². The number of imide groups is 1. The van der Waals surface area contributed by atoms with Gasteiger partial charge in [-0.2, -0.15) is 0 Å². The van der Waals surface area contributed by atoms with E-state index >= 15 is 0 Å². The van der Waals surface area contributed by atoms with Gasteiger partial charge in [-0.15, -0.1) is 0 Å². The Labute approximate surface area is 164 Å². The number of nitrogens with one attached hydrogen (secondary N) is 1. The Kier molecular flexibility index (Phi) is 5.94. The molecule has 2 amide bonds. The van der Waals surface area contributed by atoms with Gasteiger partial charge in [0.2, 0.25) is 0 Å². The van der Waals surface area contributed by atoms with Crippen molar-refractivity contribution in [3.8, 4) is 0 Å². The third-order valence-corrected chi connectivity index (χ3v) is 4.64. The first-order valence-corrected chi connectivity index (χ1v) is 9.13. The Morgan fingerprint density at radius 1 is 0.889 bits per heavy atom. The number of nitrogens with zero attached hydrogens (tertiary/aromatic N) is 2. The molecule has 140 valence electrons. The molecule has 2 aromatic rings. The van der Waals surface area contributed by atoms with Gasteiger partial charge in [0.25, 0.3) is 11.8 Å². The van der Waals surface area contributed by atoms with E-state index < -0.39 is 0 Å². The third-order valence-electron chi connectivity index (χ3n) is 4.39. The van der Waals surface area contributed by atoms with Gasteiger partial charge >= 0.3 is 0 Å². The van der Waals surface area contributed by atoms with Crippen molar-refractivity contribution in [1.29, 1.82) is 0 Å². The van der Waals surface area contributed by atoms with Gasteiger partial charge < -0.3 is 9.80 Å². The Bertz CT molecular complexity index is 861. The maximum Gasteiger partial charge on any atom is 0.275 e. The van der Waals surface area contributed by atoms with E-state index in [1.54, 1.807) is 24.3 Å². The van der Waals surface area contributed by atoms with Gasteiger partial charge in [-0.1, -0.05) is 54.1 Å². The highest BCUT2D eigenvalue weighted by atomic mass is 35.5. The largest absolute Gasteiger partial charge is 0.361 e. The van der Waals surface area contributed by atoms with Crippen LogP contribution in [0.5, 0.6) is 0 Å². The average Bonchev–Trinajstić information content (AvgIpc) is 2.94. The van der Waals surface area contributed by atoms with Crippen LogP contribution in [0.15, 0.2) is 60.3 Å². The van der Waals surface area contributed by atoms with Crippen molar-refractivity contribution in [3.05, 3.63) is 76.4 Å². The summed E-state index contributed by atoms with van der Waals surface area (Å²) in [6, 6.07) is 16.9. The molecule has 1 N–H and O–H groups in total. The highest BCUT2D eigenvalue weighted by Crippen LogP contribution is 2.28. The molecule has 0 saturated carbocycles. The molecule has 1 aliphatic rings. The topological polar surface area (TPSA) is 52.6 Å². The predicted molar refractivity (Wildman–Crippen MR) is 107 cm³/mol. The lowest BCUT2D eigenvalue weighted by Gasteiger charge is -2.27. The molecular formula is C21H22ClN3O2. The van der Waals surface area contributed by atoms with Crippen LogP contribution in [0.3, 0.4) is 0 Å². The van der Waals surface area contributed by atoms with Gasteiger partial charge in [0.05, 0.1) is 5.57 Å². The number of benzene rings is 2. The molecule has 0 radical (unpaired) electrons. The number of hydrogen-bond donors (Lipinski definition) is 1. The summed E-state index contributed by atoms with van der Waals surface area (Å²) < 4.78 is 0. The molecule has 0 aromatic heterocycles. The zero-order valence-electron chi connectivity index (χ0n) is 15.4. The summed E-state index contributed by atoms with van der Waals surface area (Å²) in [6.45, 7) is 1.92. The van der Waals surface area contributed by atoms with Crippen LogP contribution in [0.1, 0.15) is 11.1 Å². The minimum atomic E-state index is -0.375. The maximum absolute atomic E-state index is 12.6. The molecule has 1 aliphatic heterocycles. The number of likely N-dealkylation sites (N-methyl/N-ethyl adjacent to an activating group) is 1. The zero-order valence-corrected chi connectivity index (χ0v) is 16.2. The van der Waals surface area contributed by atoms with Crippen LogP contribution in [0.2, 0.25) is 5.02 Å². The first-order chi connectivity index (χ1) is 13.0. The fraction of sp³-hybridized carbons (Fsp3) is 0.238. The molecule has 0 fully saturated rings. The van der Waals surface area contributed by atoms with Crippen LogP contribution in [0.4, 0.5) is 0 Å². The van der Waals surface area contributed by atoms with E-state index in [1.807, 2.05) is 49.3 Å². The number of carbonyl (C=O) groups is 2. The smallest absolute Gasteiger partial charge is 0.275 e. The van der Waals surface area contributed by atoms with Gasteiger partial charge in [-0.25, -0.2) is 0 Å². The lowest BCUT2D eigenvalue weighted by Crippen LogP contribution is -2.35. The summed E-state index contributed by atoms with van der Waals surface area (Å²) >= 11 is 5.97. The second-order valence-electron chi connectivity index (χ2n) is 6.72. The standard InChI is InChI=1S/C21H22ClN3O2/c1-24(2)12-13-25(14-15-6-4-3-5-7-15)19-18(20(26)23-21(19)27)16-8-10-17(22)11-9-16/h3-11H,12-14H2,1-2H3,(H,23,26,27). The number of halogens is 1. The minimum absolute atomic E-state index is 0.361. The Balaban J connectivity index is 2.03. The highest BCUT2D eigenvalue weighted by molar-refractivity contribution is 6.36. The molecule has 3 rings (SSSR count). The Morgan fingerprint density at radius 3 is 2.19 bits per heavy atom.